The monoisotopic (exact) mass is 468 g/mol. The summed E-state index contributed by atoms with van der Waals surface area (Å²) >= 11 is 1.38. The van der Waals surface area contributed by atoms with E-state index in [1.165, 1.54) is 11.8 Å². The number of amides is 1. The van der Waals surface area contributed by atoms with Crippen LogP contribution in [0.5, 0.6) is 5.75 Å². The molecule has 10 heteroatoms. The number of ether oxygens (including phenoxy) is 1. The highest BCUT2D eigenvalue weighted by Crippen LogP contribution is 2.29. The molecule has 1 aromatic carbocycles. The summed E-state index contributed by atoms with van der Waals surface area (Å²) in [6, 6.07) is 11.5. The second kappa shape index (κ2) is 11.3. The fourth-order valence-electron chi connectivity index (χ4n) is 3.72. The van der Waals surface area contributed by atoms with E-state index in [0.717, 1.165) is 30.1 Å². The first kappa shape index (κ1) is 23.2. The molecule has 1 amide bonds. The van der Waals surface area contributed by atoms with E-state index in [9.17, 15) is 4.79 Å². The zero-order chi connectivity index (χ0) is 23.0. The fraction of sp³-hybridized carbons (Fsp3) is 0.391. The van der Waals surface area contributed by atoms with Gasteiger partial charge in [-0.15, -0.1) is 10.2 Å². The van der Waals surface area contributed by atoms with Gasteiger partial charge in [0, 0.05) is 56.4 Å². The van der Waals surface area contributed by atoms with Crippen LogP contribution in [0.3, 0.4) is 0 Å². The molecular weight excluding hydrogens is 440 g/mol. The van der Waals surface area contributed by atoms with Gasteiger partial charge in [0.2, 0.25) is 5.91 Å². The number of carbonyl (C=O) groups is 1. The van der Waals surface area contributed by atoms with Gasteiger partial charge in [0.25, 0.3) is 0 Å². The molecule has 9 nitrogen and oxygen atoms in total. The Morgan fingerprint density at radius 3 is 2.45 bits per heavy atom. The topological polar surface area (TPSA) is 96.6 Å². The summed E-state index contributed by atoms with van der Waals surface area (Å²) in [6.07, 6.45) is 3.44. The Morgan fingerprint density at radius 1 is 1.06 bits per heavy atom. The van der Waals surface area contributed by atoms with Crippen molar-refractivity contribution in [3.8, 4) is 22.8 Å². The third kappa shape index (κ3) is 5.70. The number of aromatic nitrogens is 4. The van der Waals surface area contributed by atoms with Gasteiger partial charge in [-0.25, -0.2) is 0 Å². The molecule has 1 N–H and O–H groups in total. The van der Waals surface area contributed by atoms with Gasteiger partial charge in [0.15, 0.2) is 11.0 Å². The summed E-state index contributed by atoms with van der Waals surface area (Å²) in [6.45, 7) is 6.27. The molecule has 3 heterocycles. The number of hydrogen-bond acceptors (Lipinski definition) is 8. The fourth-order valence-corrected chi connectivity index (χ4v) is 4.58. The van der Waals surface area contributed by atoms with Gasteiger partial charge >= 0.3 is 0 Å². The quantitative estimate of drug-likeness (QED) is 0.476. The molecule has 0 saturated carbocycles. The van der Waals surface area contributed by atoms with Crippen LogP contribution in [0, 0.1) is 0 Å². The summed E-state index contributed by atoms with van der Waals surface area (Å²) in [5.74, 6) is 1.85. The predicted molar refractivity (Wildman–Crippen MR) is 127 cm³/mol. The normalized spacial score (nSPS) is 14.4. The highest BCUT2D eigenvalue weighted by atomic mass is 32.2. The van der Waals surface area contributed by atoms with E-state index in [0.29, 0.717) is 37.2 Å². The lowest BCUT2D eigenvalue weighted by atomic mass is 10.2. The first-order valence-electron chi connectivity index (χ1n) is 11.0. The van der Waals surface area contributed by atoms with Crippen LogP contribution in [0.4, 0.5) is 0 Å². The third-order valence-electron chi connectivity index (χ3n) is 5.44. The highest BCUT2D eigenvalue weighted by Gasteiger charge is 2.23. The SMILES string of the molecule is CCOc1ccc(-n2c(SCC(=O)N3CCN(CCO)CC3)nnc2-c2ccncc2)cc1. The van der Waals surface area contributed by atoms with Crippen LogP contribution in [-0.2, 0) is 4.79 Å². The van der Waals surface area contributed by atoms with Gasteiger partial charge in [-0.05, 0) is 43.3 Å². The van der Waals surface area contributed by atoms with Crippen LogP contribution in [-0.4, -0.2) is 92.3 Å². The Kier molecular flexibility index (Phi) is 7.92. The number of nitrogens with zero attached hydrogens (tertiary/aromatic N) is 6. The Balaban J connectivity index is 1.52. The van der Waals surface area contributed by atoms with E-state index in [-0.39, 0.29) is 18.3 Å². The van der Waals surface area contributed by atoms with Crippen molar-refractivity contribution in [2.75, 3.05) is 51.7 Å². The summed E-state index contributed by atoms with van der Waals surface area (Å²) < 4.78 is 7.53. The van der Waals surface area contributed by atoms with E-state index in [4.69, 9.17) is 9.84 Å². The second-order valence-electron chi connectivity index (χ2n) is 7.54. The zero-order valence-corrected chi connectivity index (χ0v) is 19.4. The molecule has 2 aromatic heterocycles. The van der Waals surface area contributed by atoms with Crippen LogP contribution < -0.4 is 4.74 Å². The Morgan fingerprint density at radius 2 is 1.79 bits per heavy atom. The lowest BCUT2D eigenvalue weighted by Gasteiger charge is -2.34. The molecule has 33 heavy (non-hydrogen) atoms. The molecule has 3 aromatic rings. The number of benzene rings is 1. The smallest absolute Gasteiger partial charge is 0.233 e. The van der Waals surface area contributed by atoms with Crippen LogP contribution in [0.1, 0.15) is 6.92 Å². The summed E-state index contributed by atoms with van der Waals surface area (Å²) in [7, 11) is 0. The van der Waals surface area contributed by atoms with E-state index >= 15 is 0 Å². The predicted octanol–water partition coefficient (Wildman–Crippen LogP) is 1.96. The maximum Gasteiger partial charge on any atom is 0.233 e. The van der Waals surface area contributed by atoms with E-state index in [1.807, 2.05) is 52.8 Å². The molecule has 0 unspecified atom stereocenters. The Labute approximate surface area is 197 Å². The van der Waals surface area contributed by atoms with Gasteiger partial charge in [0.05, 0.1) is 19.0 Å². The molecule has 0 spiro atoms. The van der Waals surface area contributed by atoms with Crippen LogP contribution >= 0.6 is 11.8 Å². The maximum absolute atomic E-state index is 12.8. The number of aliphatic hydroxyl groups is 1. The summed E-state index contributed by atoms with van der Waals surface area (Å²) in [5.41, 5.74) is 1.78. The molecule has 0 aliphatic carbocycles. The lowest BCUT2D eigenvalue weighted by molar-refractivity contribution is -0.130. The van der Waals surface area contributed by atoms with Crippen LogP contribution in [0.2, 0.25) is 0 Å². The first-order chi connectivity index (χ1) is 16.2. The number of β-amino-alcohol motifs (C(OH)–C–C–N with tert-alkyl or cyclic N) is 1. The second-order valence-corrected chi connectivity index (χ2v) is 8.48. The van der Waals surface area contributed by atoms with E-state index < -0.39 is 0 Å². The lowest BCUT2D eigenvalue weighted by Crippen LogP contribution is -2.49. The van der Waals surface area contributed by atoms with Crippen molar-refractivity contribution in [3.05, 3.63) is 48.8 Å². The molecule has 1 aliphatic heterocycles. The molecule has 0 atom stereocenters. The molecule has 0 radical (unpaired) electrons. The van der Waals surface area contributed by atoms with Gasteiger partial charge < -0.3 is 14.7 Å². The zero-order valence-electron chi connectivity index (χ0n) is 18.6. The molecule has 1 fully saturated rings. The number of piperazine rings is 1. The number of carbonyl (C=O) groups excluding carboxylic acids is 1. The number of rotatable bonds is 9. The van der Waals surface area contributed by atoms with Crippen molar-refractivity contribution in [1.29, 1.82) is 0 Å². The standard InChI is InChI=1S/C23H28N6O3S/c1-2-32-20-5-3-19(4-6-20)29-22(18-7-9-24-10-8-18)25-26-23(29)33-17-21(31)28-13-11-27(12-14-28)15-16-30/h3-10,30H,2,11-17H2,1H3. The van der Waals surface area contributed by atoms with Gasteiger partial charge in [-0.2, -0.15) is 0 Å². The molecule has 0 bridgehead atoms. The average Bonchev–Trinajstić information content (AvgIpc) is 3.28. The van der Waals surface area contributed by atoms with Crippen molar-refractivity contribution < 1.29 is 14.6 Å². The molecular formula is C23H28N6O3S. The number of hydrogen-bond donors (Lipinski definition) is 1. The van der Waals surface area contributed by atoms with Crippen molar-refractivity contribution in [1.82, 2.24) is 29.5 Å². The minimum Gasteiger partial charge on any atom is -0.494 e. The van der Waals surface area contributed by atoms with Gasteiger partial charge in [-0.1, -0.05) is 11.8 Å². The van der Waals surface area contributed by atoms with Gasteiger partial charge in [-0.3, -0.25) is 19.2 Å². The largest absolute Gasteiger partial charge is 0.494 e. The third-order valence-corrected chi connectivity index (χ3v) is 6.36. The molecule has 1 saturated heterocycles. The Bertz CT molecular complexity index is 1040. The number of thioether (sulfide) groups is 1. The van der Waals surface area contributed by atoms with Crippen molar-refractivity contribution in [2.45, 2.75) is 12.1 Å². The minimum absolute atomic E-state index is 0.0790. The number of aliphatic hydroxyl groups excluding tert-OH is 1. The van der Waals surface area contributed by atoms with Crippen molar-refractivity contribution in [3.63, 3.8) is 0 Å². The maximum atomic E-state index is 12.8. The molecule has 4 rings (SSSR count). The van der Waals surface area contributed by atoms with E-state index in [1.54, 1.807) is 12.4 Å². The summed E-state index contributed by atoms with van der Waals surface area (Å²) in [4.78, 5) is 21.0. The number of pyridine rings is 1. The summed E-state index contributed by atoms with van der Waals surface area (Å²) in [5, 5.41) is 18.6. The van der Waals surface area contributed by atoms with Crippen LogP contribution in [0.15, 0.2) is 53.9 Å². The average molecular weight is 469 g/mol. The van der Waals surface area contributed by atoms with E-state index in [2.05, 4.69) is 20.1 Å². The molecule has 174 valence electrons. The van der Waals surface area contributed by atoms with Gasteiger partial charge in [0.1, 0.15) is 5.75 Å². The van der Waals surface area contributed by atoms with Crippen molar-refractivity contribution in [2.24, 2.45) is 0 Å². The van der Waals surface area contributed by atoms with Crippen LogP contribution in [0.25, 0.3) is 17.1 Å². The molecule has 1 aliphatic rings. The Hall–Kier alpha value is -2.95. The minimum atomic E-state index is 0.0790. The highest BCUT2D eigenvalue weighted by molar-refractivity contribution is 7.99. The first-order valence-corrected chi connectivity index (χ1v) is 12.0. The van der Waals surface area contributed by atoms with Crippen molar-refractivity contribution >= 4 is 17.7 Å².